The Morgan fingerprint density at radius 3 is 1.54 bits per heavy atom. The molecule has 6 heterocycles. The molecule has 0 aliphatic carbocycles. The number of anilines is 2. The third-order valence-electron chi connectivity index (χ3n) is 11.6. The molecule has 0 atom stereocenters. The van der Waals surface area contributed by atoms with E-state index < -0.39 is 0 Å². The molecule has 8 nitrogen and oxygen atoms in total. The van der Waals surface area contributed by atoms with Gasteiger partial charge in [0.15, 0.2) is 0 Å². The molecule has 4 fully saturated rings. The second-order valence-corrected chi connectivity index (χ2v) is 15.7. The van der Waals surface area contributed by atoms with Gasteiger partial charge in [-0.1, -0.05) is 49.2 Å². The highest BCUT2D eigenvalue weighted by molar-refractivity contribution is 6.18. The van der Waals surface area contributed by atoms with Crippen molar-refractivity contribution in [3.8, 4) is 0 Å². The summed E-state index contributed by atoms with van der Waals surface area (Å²) in [5.74, 6) is 1.98. The van der Waals surface area contributed by atoms with Gasteiger partial charge in [-0.15, -0.1) is 24.0 Å². The Kier molecular flexibility index (Phi) is 18.4. The Balaban J connectivity index is 0.000000173. The first-order chi connectivity index (χ1) is 26.2. The number of pyridine rings is 2. The van der Waals surface area contributed by atoms with Gasteiger partial charge in [0.05, 0.1) is 17.6 Å². The molecule has 4 aliphatic rings. The number of hydrogen-bond donors (Lipinski definition) is 1. The monoisotopic (exact) mass is 778 g/mol. The fourth-order valence-electron chi connectivity index (χ4n) is 8.34. The van der Waals surface area contributed by atoms with Crippen LogP contribution in [0.4, 0.5) is 11.4 Å². The van der Waals surface area contributed by atoms with Crippen molar-refractivity contribution in [3.05, 3.63) is 73.1 Å². The zero-order valence-electron chi connectivity index (χ0n) is 32.4. The van der Waals surface area contributed by atoms with E-state index in [-0.39, 0.29) is 12.4 Å². The number of piperidine rings is 4. The van der Waals surface area contributed by atoms with Crippen LogP contribution in [0, 0.1) is 11.8 Å². The predicted molar refractivity (Wildman–Crippen MR) is 230 cm³/mol. The topological polar surface area (TPSA) is 68.2 Å². The number of para-hydroxylation sites is 2. The molecule has 4 aromatic rings. The summed E-state index contributed by atoms with van der Waals surface area (Å²) >= 11 is 5.59. The summed E-state index contributed by atoms with van der Waals surface area (Å²) < 4.78 is 6.02. The average molecular weight is 780 g/mol. The van der Waals surface area contributed by atoms with Crippen molar-refractivity contribution in [1.82, 2.24) is 19.8 Å². The van der Waals surface area contributed by atoms with Gasteiger partial charge in [0, 0.05) is 92.9 Å². The molecule has 0 spiro atoms. The van der Waals surface area contributed by atoms with Crippen LogP contribution >= 0.6 is 24.0 Å². The summed E-state index contributed by atoms with van der Waals surface area (Å²) in [5.41, 5.74) is 4.75. The van der Waals surface area contributed by atoms with E-state index in [0.29, 0.717) is 18.4 Å². The van der Waals surface area contributed by atoms with Crippen molar-refractivity contribution >= 4 is 57.2 Å². The minimum Gasteiger partial charge on any atom is -0.396 e. The molecule has 10 heteroatoms. The minimum absolute atomic E-state index is 0. The molecule has 0 radical (unpaired) electrons. The van der Waals surface area contributed by atoms with Crippen molar-refractivity contribution in [1.29, 1.82) is 0 Å². The summed E-state index contributed by atoms with van der Waals surface area (Å²) in [7, 11) is 0. The lowest BCUT2D eigenvalue weighted by Crippen LogP contribution is -2.36. The second kappa shape index (κ2) is 23.4. The molecule has 2 aromatic heterocycles. The van der Waals surface area contributed by atoms with Gasteiger partial charge >= 0.3 is 0 Å². The molecule has 8 rings (SSSR count). The smallest absolute Gasteiger partial charge is 0.0722 e. The average Bonchev–Trinajstić information content (AvgIpc) is 3.24. The van der Waals surface area contributed by atoms with Crippen molar-refractivity contribution < 1.29 is 9.84 Å². The predicted octanol–water partition coefficient (Wildman–Crippen LogP) is 8.53. The van der Waals surface area contributed by atoms with Crippen LogP contribution in [-0.4, -0.2) is 116 Å². The quantitative estimate of drug-likeness (QED) is 0.127. The largest absolute Gasteiger partial charge is 0.396 e. The van der Waals surface area contributed by atoms with E-state index in [1.165, 1.54) is 99.7 Å². The highest BCUT2D eigenvalue weighted by Crippen LogP contribution is 2.30. The summed E-state index contributed by atoms with van der Waals surface area (Å²) in [5, 5.41) is 11.7. The lowest BCUT2D eigenvalue weighted by atomic mass is 9.97. The molecular weight excluding hydrogens is 715 g/mol. The number of aliphatic hydroxyl groups is 1. The third kappa shape index (κ3) is 12.7. The summed E-state index contributed by atoms with van der Waals surface area (Å²) in [6, 6.07) is 21.0. The number of benzene rings is 2. The number of ether oxygens (including phenoxy) is 1. The van der Waals surface area contributed by atoms with E-state index in [1.807, 2.05) is 18.5 Å². The fourth-order valence-corrected chi connectivity index (χ4v) is 8.58. The van der Waals surface area contributed by atoms with Gasteiger partial charge in [-0.05, 0) is 114 Å². The Morgan fingerprint density at radius 1 is 0.593 bits per heavy atom. The Bertz CT molecular complexity index is 1610. The molecule has 1 N–H and O–H groups in total. The molecule has 0 amide bonds. The van der Waals surface area contributed by atoms with Crippen LogP contribution in [0.1, 0.15) is 64.2 Å². The molecule has 4 saturated heterocycles. The summed E-state index contributed by atoms with van der Waals surface area (Å²) in [6.45, 7) is 13.7. The first-order valence-electron chi connectivity index (χ1n) is 20.6. The van der Waals surface area contributed by atoms with Gasteiger partial charge < -0.3 is 29.4 Å². The number of alkyl halides is 1. The summed E-state index contributed by atoms with van der Waals surface area (Å²) in [4.78, 5) is 18.8. The number of nitrogens with zero attached hydrogens (tertiary/aromatic N) is 6. The molecule has 0 bridgehead atoms. The van der Waals surface area contributed by atoms with Crippen LogP contribution in [0.2, 0.25) is 0 Å². The van der Waals surface area contributed by atoms with Crippen LogP contribution in [0.15, 0.2) is 73.1 Å². The van der Waals surface area contributed by atoms with Crippen LogP contribution in [0.25, 0.3) is 21.8 Å². The van der Waals surface area contributed by atoms with Gasteiger partial charge in [-0.3, -0.25) is 9.97 Å². The molecule has 54 heavy (non-hydrogen) atoms. The normalized spacial score (nSPS) is 19.1. The van der Waals surface area contributed by atoms with Crippen molar-refractivity contribution in [3.63, 3.8) is 0 Å². The molecular formula is C44H64Cl2N6O2. The number of hydrogen-bond acceptors (Lipinski definition) is 8. The van der Waals surface area contributed by atoms with Crippen molar-refractivity contribution in [2.45, 2.75) is 64.2 Å². The maximum absolute atomic E-state index is 9.19. The maximum Gasteiger partial charge on any atom is 0.0722 e. The SMILES string of the molecule is Cl.ClCCN1CCCCC1.OCC1CCN(c2ccnc3ccccc23)CC1.c1ccc2c(N3CCC(COCCN4CCCCC4)CC3)ccnc2c1. The lowest BCUT2D eigenvalue weighted by Gasteiger charge is -2.34. The number of aliphatic hydroxyl groups excluding tert-OH is 1. The first-order valence-corrected chi connectivity index (χ1v) is 21.1. The molecule has 4 aliphatic heterocycles. The number of rotatable bonds is 10. The van der Waals surface area contributed by atoms with Crippen molar-refractivity contribution in [2.75, 3.05) is 101 Å². The Labute approximate surface area is 335 Å². The number of aromatic nitrogens is 2. The van der Waals surface area contributed by atoms with Gasteiger partial charge in [0.1, 0.15) is 0 Å². The van der Waals surface area contributed by atoms with Crippen LogP contribution in [0.3, 0.4) is 0 Å². The highest BCUT2D eigenvalue weighted by Gasteiger charge is 2.22. The van der Waals surface area contributed by atoms with E-state index in [9.17, 15) is 5.11 Å². The molecule has 2 aromatic carbocycles. The van der Waals surface area contributed by atoms with Gasteiger partial charge in [-0.25, -0.2) is 0 Å². The fraction of sp³-hybridized carbons (Fsp3) is 0.591. The molecule has 0 saturated carbocycles. The zero-order valence-corrected chi connectivity index (χ0v) is 34.0. The van der Waals surface area contributed by atoms with E-state index in [0.717, 1.165) is 82.2 Å². The third-order valence-corrected chi connectivity index (χ3v) is 11.8. The maximum atomic E-state index is 9.19. The van der Waals surface area contributed by atoms with Crippen LogP contribution in [-0.2, 0) is 4.74 Å². The van der Waals surface area contributed by atoms with Gasteiger partial charge in [0.2, 0.25) is 0 Å². The Hall–Kier alpha value is -2.72. The molecule has 296 valence electrons. The lowest BCUT2D eigenvalue weighted by molar-refractivity contribution is 0.0665. The van der Waals surface area contributed by atoms with E-state index in [4.69, 9.17) is 16.3 Å². The minimum atomic E-state index is 0. The van der Waals surface area contributed by atoms with Crippen LogP contribution in [0.5, 0.6) is 0 Å². The van der Waals surface area contributed by atoms with E-state index in [2.05, 4.69) is 84.2 Å². The number of fused-ring (bicyclic) bond motifs is 2. The van der Waals surface area contributed by atoms with Crippen LogP contribution < -0.4 is 9.80 Å². The van der Waals surface area contributed by atoms with Gasteiger partial charge in [0.25, 0.3) is 0 Å². The van der Waals surface area contributed by atoms with E-state index >= 15 is 0 Å². The van der Waals surface area contributed by atoms with E-state index in [1.54, 1.807) is 0 Å². The standard InChI is InChI=1S/C22H31N3O.C15H18N2O.C7H14ClN.ClH/c1-4-12-24(13-5-1)16-17-26-18-19-9-14-25(15-10-19)22-8-11-23-21-7-3-2-6-20(21)22;18-11-12-6-9-17(10-7-12)15-5-8-16-14-4-2-1-3-13(14)15;8-4-7-9-5-2-1-3-6-9;/h2-3,6-8,11,19H,1,4-5,9-10,12-18H2;1-5,8,12,18H,6-7,9-11H2;1-7H2;1H. The summed E-state index contributed by atoms with van der Waals surface area (Å²) in [6.07, 6.45) is 16.7. The Morgan fingerprint density at radius 2 is 1.06 bits per heavy atom. The zero-order chi connectivity index (χ0) is 36.5. The first kappa shape index (κ1) is 42.4. The molecule has 0 unspecified atom stereocenters. The highest BCUT2D eigenvalue weighted by atomic mass is 35.5. The number of halogens is 2. The van der Waals surface area contributed by atoms with Gasteiger partial charge in [-0.2, -0.15) is 0 Å². The van der Waals surface area contributed by atoms with Crippen molar-refractivity contribution in [2.24, 2.45) is 11.8 Å². The number of likely N-dealkylation sites (tertiary alicyclic amines) is 2. The second-order valence-electron chi connectivity index (χ2n) is 15.3.